The van der Waals surface area contributed by atoms with Crippen molar-refractivity contribution in [2.45, 2.75) is 40.5 Å². The number of anilines is 4. The summed E-state index contributed by atoms with van der Waals surface area (Å²) in [5.74, 6) is 0.0973. The molecule has 2 heterocycles. The molecule has 0 saturated heterocycles. The number of aromatic nitrogens is 2. The topological polar surface area (TPSA) is 129 Å². The third kappa shape index (κ3) is 8.11. The summed E-state index contributed by atoms with van der Waals surface area (Å²) in [5.41, 5.74) is 5.57. The fourth-order valence-corrected chi connectivity index (χ4v) is 5.36. The summed E-state index contributed by atoms with van der Waals surface area (Å²) in [4.78, 5) is 51.5. The van der Waals surface area contributed by atoms with Crippen molar-refractivity contribution in [3.8, 4) is 11.6 Å². The van der Waals surface area contributed by atoms with E-state index in [4.69, 9.17) is 4.74 Å². The number of likely N-dealkylation sites (N-methyl/N-ethyl adjacent to an activating group) is 2. The molecule has 3 aromatic carbocycles. The van der Waals surface area contributed by atoms with E-state index in [1.807, 2.05) is 45.2 Å². The van der Waals surface area contributed by atoms with Crippen LogP contribution in [0.5, 0.6) is 11.6 Å². The molecule has 11 heteroatoms. The molecule has 1 aromatic heterocycles. The van der Waals surface area contributed by atoms with Gasteiger partial charge < -0.3 is 30.5 Å². The van der Waals surface area contributed by atoms with Crippen molar-refractivity contribution in [2.75, 3.05) is 49.2 Å². The normalized spacial score (nSPS) is 12.3. The summed E-state index contributed by atoms with van der Waals surface area (Å²) in [6.07, 6.45) is 2.49. The van der Waals surface area contributed by atoms with Gasteiger partial charge in [0.2, 0.25) is 17.7 Å². The van der Waals surface area contributed by atoms with Gasteiger partial charge in [-0.15, -0.1) is 0 Å². The minimum Gasteiger partial charge on any atom is -0.438 e. The summed E-state index contributed by atoms with van der Waals surface area (Å²) in [6.45, 7) is 11.4. The minimum absolute atomic E-state index is 0.0370. The van der Waals surface area contributed by atoms with Gasteiger partial charge in [0.25, 0.3) is 11.8 Å². The van der Waals surface area contributed by atoms with Crippen LogP contribution in [0.25, 0.3) is 0 Å². The first-order valence-corrected chi connectivity index (χ1v) is 15.8. The lowest BCUT2D eigenvalue weighted by molar-refractivity contribution is -0.116. The number of aryl methyl sites for hydroxylation is 3. The molecule has 0 bridgehead atoms. The van der Waals surface area contributed by atoms with Crippen LogP contribution in [0.15, 0.2) is 66.9 Å². The molecule has 4 aromatic rings. The second kappa shape index (κ2) is 14.9. The van der Waals surface area contributed by atoms with Crippen LogP contribution in [-0.2, 0) is 11.2 Å². The van der Waals surface area contributed by atoms with E-state index in [1.165, 1.54) is 6.20 Å². The Balaban J connectivity index is 1.37. The molecule has 0 spiro atoms. The summed E-state index contributed by atoms with van der Waals surface area (Å²) in [7, 11) is 1.81. The van der Waals surface area contributed by atoms with Crippen LogP contribution in [0.4, 0.5) is 23.0 Å². The summed E-state index contributed by atoms with van der Waals surface area (Å²) >= 11 is 0. The van der Waals surface area contributed by atoms with Crippen LogP contribution in [0.1, 0.15) is 57.7 Å². The van der Waals surface area contributed by atoms with Gasteiger partial charge in [-0.2, -0.15) is 4.98 Å². The lowest BCUT2D eigenvalue weighted by atomic mass is 10.0. The van der Waals surface area contributed by atoms with E-state index in [0.717, 1.165) is 36.3 Å². The average molecular weight is 636 g/mol. The summed E-state index contributed by atoms with van der Waals surface area (Å²) in [6, 6.07) is 18.3. The number of carbonyl (C=O) groups is 3. The Morgan fingerprint density at radius 2 is 1.68 bits per heavy atom. The van der Waals surface area contributed by atoms with Gasteiger partial charge in [-0.25, -0.2) is 4.98 Å². The zero-order valence-electron chi connectivity index (χ0n) is 27.5. The Morgan fingerprint density at radius 1 is 0.957 bits per heavy atom. The maximum Gasteiger partial charge on any atom is 0.262 e. The van der Waals surface area contributed by atoms with E-state index >= 15 is 0 Å². The van der Waals surface area contributed by atoms with Crippen molar-refractivity contribution in [1.82, 2.24) is 19.8 Å². The van der Waals surface area contributed by atoms with Crippen molar-refractivity contribution < 1.29 is 19.1 Å². The highest BCUT2D eigenvalue weighted by atomic mass is 16.5. The van der Waals surface area contributed by atoms with Crippen molar-refractivity contribution in [3.05, 3.63) is 94.7 Å². The zero-order chi connectivity index (χ0) is 33.5. The predicted molar refractivity (Wildman–Crippen MR) is 184 cm³/mol. The number of fused-ring (bicyclic) bond motifs is 1. The predicted octanol–water partition coefficient (Wildman–Crippen LogP) is 6.18. The van der Waals surface area contributed by atoms with E-state index in [1.54, 1.807) is 41.3 Å². The van der Waals surface area contributed by atoms with Gasteiger partial charge in [0.15, 0.2) is 0 Å². The van der Waals surface area contributed by atoms with Crippen LogP contribution >= 0.6 is 0 Å². The first-order valence-electron chi connectivity index (χ1n) is 15.8. The summed E-state index contributed by atoms with van der Waals surface area (Å²) < 4.78 is 6.18. The van der Waals surface area contributed by atoms with Gasteiger partial charge >= 0.3 is 0 Å². The molecule has 0 aliphatic carbocycles. The van der Waals surface area contributed by atoms with E-state index in [2.05, 4.69) is 44.7 Å². The second-order valence-electron chi connectivity index (χ2n) is 11.6. The molecule has 3 amide bonds. The highest BCUT2D eigenvalue weighted by Gasteiger charge is 2.21. The lowest BCUT2D eigenvalue weighted by Crippen LogP contribution is -2.36. The highest BCUT2D eigenvalue weighted by Crippen LogP contribution is 2.32. The van der Waals surface area contributed by atoms with Gasteiger partial charge in [-0.3, -0.25) is 14.4 Å². The molecule has 0 fully saturated rings. The molecule has 244 valence electrons. The number of benzene rings is 3. The maximum atomic E-state index is 13.6. The van der Waals surface area contributed by atoms with Crippen molar-refractivity contribution in [1.29, 1.82) is 0 Å². The van der Waals surface area contributed by atoms with Crippen LogP contribution in [0.3, 0.4) is 0 Å². The Labute approximate surface area is 275 Å². The molecule has 1 aliphatic heterocycles. The van der Waals surface area contributed by atoms with E-state index in [0.29, 0.717) is 47.8 Å². The molecule has 3 N–H and O–H groups in total. The lowest BCUT2D eigenvalue weighted by Gasteiger charge is -2.23. The van der Waals surface area contributed by atoms with E-state index < -0.39 is 5.91 Å². The molecular weight excluding hydrogens is 594 g/mol. The number of rotatable bonds is 12. The van der Waals surface area contributed by atoms with Crippen molar-refractivity contribution in [2.24, 2.45) is 0 Å². The van der Waals surface area contributed by atoms with Crippen molar-refractivity contribution >= 4 is 40.7 Å². The molecule has 1 aliphatic rings. The Morgan fingerprint density at radius 3 is 2.38 bits per heavy atom. The smallest absolute Gasteiger partial charge is 0.262 e. The zero-order valence-corrected chi connectivity index (χ0v) is 27.5. The van der Waals surface area contributed by atoms with E-state index in [9.17, 15) is 14.4 Å². The Hall–Kier alpha value is -5.29. The average Bonchev–Trinajstić information content (AvgIpc) is 3.06. The molecule has 0 radical (unpaired) electrons. The standard InChI is InChI=1S/C36H41N7O4/c1-6-43(7-2)20-19-42(5)35(46)26-11-15-27(16-12-26)38-36-37-22-29(33(45)40-32-23(3)9-8-10-24(32)4)34(41-36)47-28-17-13-25-14-18-31(44)39-30(25)21-28/h8-13,15-17,21-22H,6-7,14,18-20H2,1-5H3,(H,39,44)(H,40,45)(H,37,38,41). The first-order chi connectivity index (χ1) is 22.6. The van der Waals surface area contributed by atoms with Gasteiger partial charge in [-0.05, 0) is 80.4 Å². The van der Waals surface area contributed by atoms with Crippen molar-refractivity contribution in [3.63, 3.8) is 0 Å². The molecule has 0 saturated carbocycles. The fourth-order valence-electron chi connectivity index (χ4n) is 5.36. The monoisotopic (exact) mass is 635 g/mol. The van der Waals surface area contributed by atoms with Gasteiger partial charge in [0, 0.05) is 61.4 Å². The molecule has 0 atom stereocenters. The number of hydrogen-bond donors (Lipinski definition) is 3. The molecular formula is C36H41N7O4. The fraction of sp³-hybridized carbons (Fsp3) is 0.306. The molecule has 0 unspecified atom stereocenters. The Kier molecular flexibility index (Phi) is 10.5. The maximum absolute atomic E-state index is 13.6. The number of para-hydroxylation sites is 1. The van der Waals surface area contributed by atoms with Gasteiger partial charge in [0.05, 0.1) is 0 Å². The number of nitrogens with one attached hydrogen (secondary N) is 3. The summed E-state index contributed by atoms with van der Waals surface area (Å²) in [5, 5.41) is 9.00. The van der Waals surface area contributed by atoms with Crippen LogP contribution in [-0.4, -0.2) is 70.7 Å². The van der Waals surface area contributed by atoms with Gasteiger partial charge in [-0.1, -0.05) is 38.1 Å². The van der Waals surface area contributed by atoms with Crippen LogP contribution in [0, 0.1) is 13.8 Å². The number of hydrogen-bond acceptors (Lipinski definition) is 8. The largest absolute Gasteiger partial charge is 0.438 e. The second-order valence-corrected chi connectivity index (χ2v) is 11.6. The first kappa shape index (κ1) is 33.1. The minimum atomic E-state index is -0.428. The highest BCUT2D eigenvalue weighted by molar-refractivity contribution is 6.06. The quantitative estimate of drug-likeness (QED) is 0.168. The SMILES string of the molecule is CCN(CC)CCN(C)C(=O)c1ccc(Nc2ncc(C(=O)Nc3c(C)cccc3C)c(Oc3ccc4c(c3)NC(=O)CC4)n2)cc1. The van der Waals surface area contributed by atoms with Gasteiger partial charge in [0.1, 0.15) is 11.3 Å². The number of nitrogens with zero attached hydrogens (tertiary/aromatic N) is 4. The number of amides is 3. The molecule has 11 nitrogen and oxygen atoms in total. The Bertz CT molecular complexity index is 1750. The van der Waals surface area contributed by atoms with Crippen LogP contribution in [0.2, 0.25) is 0 Å². The van der Waals surface area contributed by atoms with E-state index in [-0.39, 0.29) is 29.2 Å². The molecule has 47 heavy (non-hydrogen) atoms. The van der Waals surface area contributed by atoms with Crippen LogP contribution < -0.4 is 20.7 Å². The number of carbonyl (C=O) groups excluding carboxylic acids is 3. The third-order valence-electron chi connectivity index (χ3n) is 8.29. The molecule has 5 rings (SSSR count). The third-order valence-corrected chi connectivity index (χ3v) is 8.29. The number of ether oxygens (including phenoxy) is 1.